The number of benzene rings is 1. The summed E-state index contributed by atoms with van der Waals surface area (Å²) in [6.07, 6.45) is 0. The highest BCUT2D eigenvalue weighted by atomic mass is 32.2. The Hall–Kier alpha value is -1.18. The Kier molecular flexibility index (Phi) is 3.04. The van der Waals surface area contributed by atoms with Gasteiger partial charge in [0.2, 0.25) is 0 Å². The number of halogens is 1. The number of nitrogens with one attached hydrogen (secondary N) is 1. The molecule has 0 saturated carbocycles. The van der Waals surface area contributed by atoms with Gasteiger partial charge < -0.3 is 5.73 Å². The second-order valence-electron chi connectivity index (χ2n) is 2.60. The fraction of sp³-hybridized carbons (Fsp3) is 0.143. The third-order valence-electron chi connectivity index (χ3n) is 1.51. The summed E-state index contributed by atoms with van der Waals surface area (Å²) in [6.45, 7) is 0.156. The van der Waals surface area contributed by atoms with E-state index < -0.39 is 16.1 Å². The van der Waals surface area contributed by atoms with E-state index in [1.807, 2.05) is 0 Å². The molecule has 1 aromatic carbocycles. The molecule has 14 heavy (non-hydrogen) atoms. The first kappa shape index (κ1) is 10.9. The van der Waals surface area contributed by atoms with Crippen LogP contribution < -0.4 is 10.5 Å². The predicted octanol–water partition coefficient (Wildman–Crippen LogP) is 0.499. The summed E-state index contributed by atoms with van der Waals surface area (Å²) in [5.74, 6) is -0.787. The van der Waals surface area contributed by atoms with Crippen LogP contribution >= 0.6 is 0 Å². The number of rotatable bonds is 3. The summed E-state index contributed by atoms with van der Waals surface area (Å²) in [4.78, 5) is 0. The summed E-state index contributed by atoms with van der Waals surface area (Å²) in [5, 5.41) is 0. The maximum atomic E-state index is 13.1. The van der Waals surface area contributed by atoms with Crippen LogP contribution in [0.5, 0.6) is 0 Å². The molecule has 0 atom stereocenters. The summed E-state index contributed by atoms with van der Waals surface area (Å²) >= 11 is 0. The lowest BCUT2D eigenvalue weighted by Crippen LogP contribution is -2.12. The Morgan fingerprint density at radius 1 is 1.50 bits per heavy atom. The molecule has 5 nitrogen and oxygen atoms in total. The van der Waals surface area contributed by atoms with Crippen LogP contribution in [0.15, 0.2) is 18.2 Å². The summed E-state index contributed by atoms with van der Waals surface area (Å²) < 4.78 is 43.8. The van der Waals surface area contributed by atoms with Crippen LogP contribution in [0.1, 0.15) is 5.56 Å². The molecule has 0 bridgehead atoms. The van der Waals surface area contributed by atoms with Gasteiger partial charge in [-0.05, 0) is 17.7 Å². The first-order chi connectivity index (χ1) is 6.42. The average molecular weight is 220 g/mol. The molecule has 0 aromatic heterocycles. The largest absolute Gasteiger partial charge is 0.357 e. The van der Waals surface area contributed by atoms with Crippen molar-refractivity contribution >= 4 is 16.0 Å². The minimum Gasteiger partial charge on any atom is -0.326 e. The number of nitrogens with two attached hydrogens (primary N) is 1. The van der Waals surface area contributed by atoms with Crippen molar-refractivity contribution in [2.75, 3.05) is 4.72 Å². The Balaban J connectivity index is 3.01. The third kappa shape index (κ3) is 2.95. The monoisotopic (exact) mass is 220 g/mol. The van der Waals surface area contributed by atoms with Gasteiger partial charge in [0.1, 0.15) is 5.82 Å². The van der Waals surface area contributed by atoms with Gasteiger partial charge in [0.05, 0.1) is 5.69 Å². The lowest BCUT2D eigenvalue weighted by atomic mass is 10.2. The van der Waals surface area contributed by atoms with E-state index in [-0.39, 0.29) is 12.2 Å². The van der Waals surface area contributed by atoms with Crippen molar-refractivity contribution in [2.45, 2.75) is 6.54 Å². The molecule has 0 unspecified atom stereocenters. The molecule has 78 valence electrons. The molecule has 1 aromatic rings. The van der Waals surface area contributed by atoms with Gasteiger partial charge in [-0.2, -0.15) is 8.42 Å². The lowest BCUT2D eigenvalue weighted by molar-refractivity contribution is 0.489. The van der Waals surface area contributed by atoms with Crippen LogP contribution in [0, 0.1) is 5.82 Å². The van der Waals surface area contributed by atoms with Crippen molar-refractivity contribution < 1.29 is 17.4 Å². The van der Waals surface area contributed by atoms with Crippen molar-refractivity contribution in [3.05, 3.63) is 29.6 Å². The highest BCUT2D eigenvalue weighted by Gasteiger charge is 2.08. The zero-order valence-electron chi connectivity index (χ0n) is 7.07. The van der Waals surface area contributed by atoms with Crippen molar-refractivity contribution in [3.63, 3.8) is 0 Å². The Morgan fingerprint density at radius 2 is 2.14 bits per heavy atom. The lowest BCUT2D eigenvalue weighted by Gasteiger charge is -2.05. The van der Waals surface area contributed by atoms with Gasteiger partial charge in [-0.1, -0.05) is 6.07 Å². The summed E-state index contributed by atoms with van der Waals surface area (Å²) in [5.41, 5.74) is 5.46. The standard InChI is InChI=1S/C7H9FN2O3S/c8-6-3-5(4-9)1-2-7(6)10-14(11,12)13/h1-3,10H,4,9H2,(H,11,12,13). The van der Waals surface area contributed by atoms with E-state index in [9.17, 15) is 12.8 Å². The second-order valence-corrected chi connectivity index (χ2v) is 3.75. The molecule has 0 heterocycles. The molecule has 7 heteroatoms. The van der Waals surface area contributed by atoms with E-state index in [0.29, 0.717) is 5.56 Å². The van der Waals surface area contributed by atoms with Gasteiger partial charge in [-0.25, -0.2) is 4.39 Å². The van der Waals surface area contributed by atoms with Crippen molar-refractivity contribution in [1.82, 2.24) is 0 Å². The van der Waals surface area contributed by atoms with Gasteiger partial charge >= 0.3 is 10.3 Å². The van der Waals surface area contributed by atoms with Crippen LogP contribution in [0.3, 0.4) is 0 Å². The van der Waals surface area contributed by atoms with Gasteiger partial charge in [0.25, 0.3) is 0 Å². The fourth-order valence-electron chi connectivity index (χ4n) is 0.907. The van der Waals surface area contributed by atoms with E-state index in [2.05, 4.69) is 0 Å². The molecule has 0 aliphatic rings. The Bertz CT molecular complexity index is 433. The SMILES string of the molecule is NCc1ccc(NS(=O)(=O)O)c(F)c1. The molecular weight excluding hydrogens is 211 g/mol. The summed E-state index contributed by atoms with van der Waals surface area (Å²) in [6, 6.07) is 3.73. The van der Waals surface area contributed by atoms with Crippen LogP contribution in [0.4, 0.5) is 10.1 Å². The van der Waals surface area contributed by atoms with Crippen molar-refractivity contribution in [3.8, 4) is 0 Å². The quantitative estimate of drug-likeness (QED) is 0.647. The number of hydrogen-bond acceptors (Lipinski definition) is 3. The molecule has 1 rings (SSSR count). The maximum absolute atomic E-state index is 13.1. The zero-order valence-corrected chi connectivity index (χ0v) is 7.88. The predicted molar refractivity (Wildman–Crippen MR) is 49.5 cm³/mol. The van der Waals surface area contributed by atoms with E-state index in [1.54, 1.807) is 4.72 Å². The Morgan fingerprint density at radius 3 is 2.57 bits per heavy atom. The highest BCUT2D eigenvalue weighted by molar-refractivity contribution is 7.87. The van der Waals surface area contributed by atoms with E-state index in [1.165, 1.54) is 12.1 Å². The highest BCUT2D eigenvalue weighted by Crippen LogP contribution is 2.16. The van der Waals surface area contributed by atoms with E-state index in [0.717, 1.165) is 6.07 Å². The maximum Gasteiger partial charge on any atom is 0.357 e. The van der Waals surface area contributed by atoms with E-state index >= 15 is 0 Å². The van der Waals surface area contributed by atoms with Crippen molar-refractivity contribution in [1.29, 1.82) is 0 Å². The average Bonchev–Trinajstić information content (AvgIpc) is 2.06. The normalized spacial score (nSPS) is 11.4. The van der Waals surface area contributed by atoms with Gasteiger partial charge in [0.15, 0.2) is 0 Å². The van der Waals surface area contributed by atoms with Crippen LogP contribution in [0.2, 0.25) is 0 Å². The molecule has 0 radical (unpaired) electrons. The van der Waals surface area contributed by atoms with Crippen molar-refractivity contribution in [2.24, 2.45) is 5.73 Å². The topological polar surface area (TPSA) is 92.4 Å². The molecular formula is C7H9FN2O3S. The molecule has 0 aliphatic heterocycles. The molecule has 0 aliphatic carbocycles. The van der Waals surface area contributed by atoms with Gasteiger partial charge in [-0.3, -0.25) is 9.27 Å². The van der Waals surface area contributed by atoms with Crippen LogP contribution in [0.25, 0.3) is 0 Å². The summed E-state index contributed by atoms with van der Waals surface area (Å²) in [7, 11) is -4.44. The zero-order chi connectivity index (χ0) is 10.8. The molecule has 0 saturated heterocycles. The van der Waals surface area contributed by atoms with Crippen LogP contribution in [-0.4, -0.2) is 13.0 Å². The molecule has 4 N–H and O–H groups in total. The third-order valence-corrected chi connectivity index (χ3v) is 1.99. The van der Waals surface area contributed by atoms with Gasteiger partial charge in [0, 0.05) is 6.54 Å². The second kappa shape index (κ2) is 3.91. The molecule has 0 fully saturated rings. The fourth-order valence-corrected chi connectivity index (χ4v) is 1.35. The minimum atomic E-state index is -4.44. The molecule has 0 amide bonds. The first-order valence-corrected chi connectivity index (χ1v) is 5.10. The van der Waals surface area contributed by atoms with Gasteiger partial charge in [-0.15, -0.1) is 0 Å². The Labute approximate surface area is 80.6 Å². The first-order valence-electron chi connectivity index (χ1n) is 3.66. The minimum absolute atomic E-state index is 0.156. The van der Waals surface area contributed by atoms with E-state index in [4.69, 9.17) is 10.3 Å². The van der Waals surface area contributed by atoms with Crippen LogP contribution in [-0.2, 0) is 16.8 Å². The number of hydrogen-bond donors (Lipinski definition) is 3. The smallest absolute Gasteiger partial charge is 0.326 e. The number of anilines is 1. The molecule has 0 spiro atoms.